The van der Waals surface area contributed by atoms with Crippen LogP contribution < -0.4 is 11.1 Å². The fourth-order valence-electron chi connectivity index (χ4n) is 4.54. The zero-order valence-corrected chi connectivity index (χ0v) is 16.4. The highest BCUT2D eigenvalue weighted by atomic mass is 16.2. The van der Waals surface area contributed by atoms with E-state index in [9.17, 15) is 4.79 Å². The quantitative estimate of drug-likeness (QED) is 0.643. The van der Waals surface area contributed by atoms with Crippen LogP contribution in [-0.2, 0) is 11.8 Å². The van der Waals surface area contributed by atoms with Crippen LogP contribution in [0.1, 0.15) is 24.1 Å². The van der Waals surface area contributed by atoms with E-state index in [1.165, 1.54) is 6.08 Å². The lowest BCUT2D eigenvalue weighted by Crippen LogP contribution is -2.43. The molecule has 2 fully saturated rings. The van der Waals surface area contributed by atoms with Crippen LogP contribution in [0, 0.1) is 0 Å². The highest BCUT2D eigenvalue weighted by Crippen LogP contribution is 2.42. The van der Waals surface area contributed by atoms with Crippen molar-refractivity contribution in [2.24, 2.45) is 7.05 Å². The van der Waals surface area contributed by atoms with E-state index in [1.54, 1.807) is 6.20 Å². The highest BCUT2D eigenvalue weighted by Gasteiger charge is 2.33. The van der Waals surface area contributed by atoms with Gasteiger partial charge < -0.3 is 20.5 Å². The monoisotopic (exact) mass is 392 g/mol. The first-order valence-corrected chi connectivity index (χ1v) is 9.84. The molecular formula is C20H24N8O. The van der Waals surface area contributed by atoms with Crippen LogP contribution in [0.15, 0.2) is 31.2 Å². The molecular weight excluding hydrogens is 368 g/mol. The van der Waals surface area contributed by atoms with Gasteiger partial charge in [-0.15, -0.1) is 5.10 Å². The molecule has 2 aliphatic heterocycles. The number of rotatable bonds is 4. The van der Waals surface area contributed by atoms with Crippen molar-refractivity contribution in [2.45, 2.75) is 18.4 Å². The van der Waals surface area contributed by atoms with E-state index < -0.39 is 0 Å². The van der Waals surface area contributed by atoms with Gasteiger partial charge in [0.05, 0.1) is 29.3 Å². The van der Waals surface area contributed by atoms with Gasteiger partial charge >= 0.3 is 0 Å². The molecule has 3 aromatic rings. The number of likely N-dealkylation sites (tertiary alicyclic amines) is 1. The second-order valence-electron chi connectivity index (χ2n) is 7.80. The second kappa shape index (κ2) is 6.70. The van der Waals surface area contributed by atoms with Crippen molar-refractivity contribution in [1.82, 2.24) is 34.8 Å². The van der Waals surface area contributed by atoms with Gasteiger partial charge in [0.15, 0.2) is 5.82 Å². The maximum Gasteiger partial charge on any atom is 0.245 e. The lowest BCUT2D eigenvalue weighted by Gasteiger charge is -2.27. The van der Waals surface area contributed by atoms with Gasteiger partial charge in [-0.25, -0.2) is 0 Å². The van der Waals surface area contributed by atoms with Crippen molar-refractivity contribution in [3.63, 3.8) is 0 Å². The molecule has 0 saturated carbocycles. The summed E-state index contributed by atoms with van der Waals surface area (Å²) in [4.78, 5) is 14.0. The summed E-state index contributed by atoms with van der Waals surface area (Å²) in [7, 11) is 2.03. The number of amides is 1. The molecule has 3 aromatic heterocycles. The number of nitrogens with one attached hydrogen (secondary N) is 1. The Morgan fingerprint density at radius 1 is 1.38 bits per heavy atom. The van der Waals surface area contributed by atoms with Crippen LogP contribution in [0.2, 0.25) is 0 Å². The number of aromatic nitrogens is 5. The topological polar surface area (TPSA) is 107 Å². The highest BCUT2D eigenvalue weighted by molar-refractivity contribution is 6.03. The molecule has 0 aromatic carbocycles. The summed E-state index contributed by atoms with van der Waals surface area (Å²) in [5.41, 5.74) is 10.4. The number of hydrogen-bond acceptors (Lipinski definition) is 6. The van der Waals surface area contributed by atoms with Gasteiger partial charge in [-0.2, -0.15) is 10.2 Å². The van der Waals surface area contributed by atoms with E-state index in [4.69, 9.17) is 5.73 Å². The first-order valence-electron chi connectivity index (χ1n) is 9.84. The summed E-state index contributed by atoms with van der Waals surface area (Å²) in [5, 5.41) is 16.9. The SMILES string of the molecule is C=CC(=O)N1CCC(c2c(-c3cnn(C4CNC4)c3)c3c(N)nncc3n2C)C1. The Balaban J connectivity index is 1.65. The molecule has 5 rings (SSSR count). The fourth-order valence-corrected chi connectivity index (χ4v) is 4.54. The van der Waals surface area contributed by atoms with E-state index in [0.717, 1.165) is 53.8 Å². The van der Waals surface area contributed by atoms with E-state index in [1.807, 2.05) is 22.8 Å². The molecule has 150 valence electrons. The third-order valence-corrected chi connectivity index (χ3v) is 6.17. The molecule has 9 heteroatoms. The molecule has 0 spiro atoms. The van der Waals surface area contributed by atoms with Gasteiger partial charge in [0.25, 0.3) is 0 Å². The number of aryl methyl sites for hydroxylation is 1. The number of fused-ring (bicyclic) bond motifs is 1. The number of carbonyl (C=O) groups is 1. The molecule has 9 nitrogen and oxygen atoms in total. The smallest absolute Gasteiger partial charge is 0.245 e. The number of anilines is 1. The zero-order chi connectivity index (χ0) is 20.1. The summed E-state index contributed by atoms with van der Waals surface area (Å²) in [6.45, 7) is 6.85. The Bertz CT molecular complexity index is 1110. The maximum absolute atomic E-state index is 12.1. The van der Waals surface area contributed by atoms with Crippen LogP contribution in [0.25, 0.3) is 22.0 Å². The maximum atomic E-state index is 12.1. The summed E-state index contributed by atoms with van der Waals surface area (Å²) >= 11 is 0. The molecule has 0 aliphatic carbocycles. The molecule has 0 radical (unpaired) electrons. The van der Waals surface area contributed by atoms with Gasteiger partial charge in [0.1, 0.15) is 0 Å². The number of nitrogens with zero attached hydrogens (tertiary/aromatic N) is 6. The molecule has 5 heterocycles. The summed E-state index contributed by atoms with van der Waals surface area (Å²) in [5.74, 6) is 0.579. The van der Waals surface area contributed by atoms with Crippen LogP contribution in [0.4, 0.5) is 5.82 Å². The Hall–Kier alpha value is -3.20. The van der Waals surface area contributed by atoms with Crippen molar-refractivity contribution in [1.29, 1.82) is 0 Å². The van der Waals surface area contributed by atoms with Crippen LogP contribution in [0.3, 0.4) is 0 Å². The molecule has 3 N–H and O–H groups in total. The van der Waals surface area contributed by atoms with Crippen molar-refractivity contribution in [3.8, 4) is 11.1 Å². The molecule has 2 saturated heterocycles. The number of nitrogen functional groups attached to an aromatic ring is 1. The van der Waals surface area contributed by atoms with Gasteiger partial charge in [-0.05, 0) is 12.5 Å². The third kappa shape index (κ3) is 2.72. The Kier molecular flexibility index (Phi) is 4.13. The van der Waals surface area contributed by atoms with Crippen molar-refractivity contribution in [2.75, 3.05) is 31.9 Å². The van der Waals surface area contributed by atoms with Crippen LogP contribution >= 0.6 is 0 Å². The van der Waals surface area contributed by atoms with Crippen molar-refractivity contribution in [3.05, 3.63) is 36.9 Å². The van der Waals surface area contributed by atoms with Crippen molar-refractivity contribution >= 4 is 22.6 Å². The van der Waals surface area contributed by atoms with E-state index >= 15 is 0 Å². The molecule has 1 amide bonds. The largest absolute Gasteiger partial charge is 0.382 e. The standard InChI is InChI=1S/C20H24N8O/c1-3-16(29)27-5-4-12(10-27)19-17(13-6-24-28(11-13)14-7-22-8-14)18-15(26(19)2)9-23-25-20(18)21/h3,6,9,11-12,14,22H,1,4-5,7-8,10H2,2H3,(H2,21,25). The van der Waals surface area contributed by atoms with Gasteiger partial charge in [-0.1, -0.05) is 6.58 Å². The average Bonchev–Trinajstić information content (AvgIpc) is 3.38. The predicted octanol–water partition coefficient (Wildman–Crippen LogP) is 1.06. The number of nitrogens with two attached hydrogens (primary N) is 1. The first kappa shape index (κ1) is 17.9. The van der Waals surface area contributed by atoms with E-state index in [0.29, 0.717) is 18.4 Å². The molecule has 1 atom stereocenters. The lowest BCUT2D eigenvalue weighted by atomic mass is 9.96. The van der Waals surface area contributed by atoms with Crippen LogP contribution in [-0.4, -0.2) is 61.5 Å². The third-order valence-electron chi connectivity index (χ3n) is 6.17. The minimum atomic E-state index is -0.0269. The Labute approximate surface area is 168 Å². The van der Waals surface area contributed by atoms with Crippen LogP contribution in [0.5, 0.6) is 0 Å². The minimum absolute atomic E-state index is 0.0269. The molecule has 1 unspecified atom stereocenters. The first-order chi connectivity index (χ1) is 14.1. The lowest BCUT2D eigenvalue weighted by molar-refractivity contribution is -0.125. The van der Waals surface area contributed by atoms with E-state index in [-0.39, 0.29) is 11.8 Å². The van der Waals surface area contributed by atoms with Crippen molar-refractivity contribution < 1.29 is 4.79 Å². The second-order valence-corrected chi connectivity index (χ2v) is 7.80. The molecule has 29 heavy (non-hydrogen) atoms. The van der Waals surface area contributed by atoms with Gasteiger partial charge in [-0.3, -0.25) is 9.48 Å². The summed E-state index contributed by atoms with van der Waals surface area (Å²) < 4.78 is 4.16. The zero-order valence-electron chi connectivity index (χ0n) is 16.4. The molecule has 0 bridgehead atoms. The fraction of sp³-hybridized carbons (Fsp3) is 0.400. The van der Waals surface area contributed by atoms with Gasteiger partial charge in [0, 0.05) is 62.2 Å². The Morgan fingerprint density at radius 3 is 2.93 bits per heavy atom. The average molecular weight is 392 g/mol. The predicted molar refractivity (Wildman–Crippen MR) is 110 cm³/mol. The summed E-state index contributed by atoms with van der Waals surface area (Å²) in [6.07, 6.45) is 8.01. The molecule has 2 aliphatic rings. The Morgan fingerprint density at radius 2 is 2.21 bits per heavy atom. The van der Waals surface area contributed by atoms with E-state index in [2.05, 4.69) is 38.0 Å². The normalized spacial score (nSPS) is 19.6. The summed E-state index contributed by atoms with van der Waals surface area (Å²) in [6, 6.07) is 0.381. The minimum Gasteiger partial charge on any atom is -0.382 e. The van der Waals surface area contributed by atoms with Gasteiger partial charge in [0.2, 0.25) is 5.91 Å². The number of hydrogen-bond donors (Lipinski definition) is 2. The number of carbonyl (C=O) groups excluding carboxylic acids is 1.